The fourth-order valence-corrected chi connectivity index (χ4v) is 3.12. The van der Waals surface area contributed by atoms with Gasteiger partial charge < -0.3 is 4.98 Å². The van der Waals surface area contributed by atoms with Crippen LogP contribution in [0.15, 0.2) is 54.6 Å². The van der Waals surface area contributed by atoms with Gasteiger partial charge in [0.2, 0.25) is 0 Å². The molecule has 0 aliphatic rings. The van der Waals surface area contributed by atoms with Crippen LogP contribution in [0.2, 0.25) is 0 Å². The van der Waals surface area contributed by atoms with Gasteiger partial charge >= 0.3 is 0 Å². The van der Waals surface area contributed by atoms with Gasteiger partial charge in [-0.1, -0.05) is 56.3 Å². The Morgan fingerprint density at radius 3 is 2.36 bits per heavy atom. The average Bonchev–Trinajstić information content (AvgIpc) is 2.91. The van der Waals surface area contributed by atoms with Crippen molar-refractivity contribution in [2.45, 2.75) is 26.4 Å². The van der Waals surface area contributed by atoms with E-state index in [0.29, 0.717) is 5.92 Å². The lowest BCUT2D eigenvalue weighted by Gasteiger charge is -2.29. The molecule has 0 aliphatic heterocycles. The molecular weight excluding hydrogens is 270 g/mol. The highest BCUT2D eigenvalue weighted by Crippen LogP contribution is 2.28. The second kappa shape index (κ2) is 6.32. The number of nitrogens with one attached hydrogen (secondary N) is 1. The molecule has 0 saturated heterocycles. The monoisotopic (exact) mass is 293 g/mol. The molecule has 114 valence electrons. The van der Waals surface area contributed by atoms with E-state index in [9.17, 15) is 0 Å². The van der Waals surface area contributed by atoms with Crippen molar-refractivity contribution in [3.8, 4) is 0 Å². The van der Waals surface area contributed by atoms with Crippen molar-refractivity contribution in [1.29, 1.82) is 0 Å². The number of imidazole rings is 1. The summed E-state index contributed by atoms with van der Waals surface area (Å²) in [6.07, 6.45) is 0. The number of para-hydroxylation sites is 2. The molecular formula is C19H23N3. The first-order valence-corrected chi connectivity index (χ1v) is 7.84. The summed E-state index contributed by atoms with van der Waals surface area (Å²) >= 11 is 0. The molecule has 3 heteroatoms. The third-order valence-electron chi connectivity index (χ3n) is 4.07. The molecule has 3 nitrogen and oxygen atoms in total. The lowest BCUT2D eigenvalue weighted by atomic mass is 10.0. The molecule has 0 bridgehead atoms. The minimum absolute atomic E-state index is 0.271. The lowest BCUT2D eigenvalue weighted by molar-refractivity contribution is 0.178. The number of aromatic nitrogens is 2. The molecule has 0 aliphatic carbocycles. The summed E-state index contributed by atoms with van der Waals surface area (Å²) in [7, 11) is 2.17. The molecule has 1 aromatic heterocycles. The summed E-state index contributed by atoms with van der Waals surface area (Å²) in [5.41, 5.74) is 3.47. The lowest BCUT2D eigenvalue weighted by Crippen LogP contribution is -2.29. The van der Waals surface area contributed by atoms with Crippen LogP contribution < -0.4 is 0 Å². The molecule has 2 aromatic carbocycles. The van der Waals surface area contributed by atoms with E-state index in [2.05, 4.69) is 73.2 Å². The van der Waals surface area contributed by atoms with Crippen LogP contribution in [0.5, 0.6) is 0 Å². The quantitative estimate of drug-likeness (QED) is 0.756. The minimum Gasteiger partial charge on any atom is -0.341 e. The smallest absolute Gasteiger partial charge is 0.124 e. The first-order valence-electron chi connectivity index (χ1n) is 7.84. The predicted octanol–water partition coefficient (Wildman–Crippen LogP) is 4.39. The SMILES string of the molecule is CC(C)C(c1nc2ccccc2[nH]1)N(C)Cc1ccccc1. The van der Waals surface area contributed by atoms with E-state index in [-0.39, 0.29) is 6.04 Å². The molecule has 3 aromatic rings. The van der Waals surface area contributed by atoms with Crippen molar-refractivity contribution in [3.63, 3.8) is 0 Å². The van der Waals surface area contributed by atoms with Gasteiger partial charge in [-0.15, -0.1) is 0 Å². The van der Waals surface area contributed by atoms with E-state index < -0.39 is 0 Å². The highest BCUT2D eigenvalue weighted by molar-refractivity contribution is 5.74. The van der Waals surface area contributed by atoms with Gasteiger partial charge in [0.1, 0.15) is 5.82 Å². The van der Waals surface area contributed by atoms with Crippen molar-refractivity contribution in [2.24, 2.45) is 5.92 Å². The molecule has 0 radical (unpaired) electrons. The van der Waals surface area contributed by atoms with Crippen LogP contribution in [0.4, 0.5) is 0 Å². The van der Waals surface area contributed by atoms with Crippen LogP contribution in [0.3, 0.4) is 0 Å². The Balaban J connectivity index is 1.88. The van der Waals surface area contributed by atoms with Crippen molar-refractivity contribution in [2.75, 3.05) is 7.05 Å². The third-order valence-corrected chi connectivity index (χ3v) is 4.07. The second-order valence-electron chi connectivity index (χ2n) is 6.23. The summed E-state index contributed by atoms with van der Waals surface area (Å²) in [5, 5.41) is 0. The van der Waals surface area contributed by atoms with Gasteiger partial charge in [0.15, 0.2) is 0 Å². The molecule has 1 N–H and O–H groups in total. The zero-order valence-electron chi connectivity index (χ0n) is 13.5. The van der Waals surface area contributed by atoms with Crippen molar-refractivity contribution in [1.82, 2.24) is 14.9 Å². The van der Waals surface area contributed by atoms with Gasteiger partial charge in [0.05, 0.1) is 17.1 Å². The van der Waals surface area contributed by atoms with Gasteiger partial charge in [-0.2, -0.15) is 0 Å². The number of fused-ring (bicyclic) bond motifs is 1. The Morgan fingerprint density at radius 1 is 1.00 bits per heavy atom. The Bertz CT molecular complexity index is 698. The van der Waals surface area contributed by atoms with Crippen molar-refractivity contribution in [3.05, 3.63) is 66.0 Å². The minimum atomic E-state index is 0.271. The summed E-state index contributed by atoms with van der Waals surface area (Å²) < 4.78 is 0. The Labute approximate surface area is 132 Å². The van der Waals surface area contributed by atoms with Gasteiger partial charge in [0, 0.05) is 6.54 Å². The molecule has 0 fully saturated rings. The Kier molecular flexibility index (Phi) is 4.25. The zero-order valence-corrected chi connectivity index (χ0v) is 13.5. The van der Waals surface area contributed by atoms with Gasteiger partial charge in [-0.3, -0.25) is 4.90 Å². The number of aromatic amines is 1. The van der Waals surface area contributed by atoms with E-state index >= 15 is 0 Å². The average molecular weight is 293 g/mol. The van der Waals surface area contributed by atoms with Crippen LogP contribution in [-0.4, -0.2) is 21.9 Å². The summed E-state index contributed by atoms with van der Waals surface area (Å²) in [4.78, 5) is 10.7. The molecule has 0 spiro atoms. The molecule has 1 heterocycles. The predicted molar refractivity (Wildman–Crippen MR) is 91.6 cm³/mol. The highest BCUT2D eigenvalue weighted by Gasteiger charge is 2.24. The van der Waals surface area contributed by atoms with E-state index in [1.54, 1.807) is 0 Å². The largest absolute Gasteiger partial charge is 0.341 e. The number of hydrogen-bond acceptors (Lipinski definition) is 2. The normalized spacial score (nSPS) is 13.1. The molecule has 1 unspecified atom stereocenters. The highest BCUT2D eigenvalue weighted by atomic mass is 15.2. The van der Waals surface area contributed by atoms with Crippen LogP contribution in [0, 0.1) is 5.92 Å². The maximum atomic E-state index is 4.80. The molecule has 3 rings (SSSR count). The van der Waals surface area contributed by atoms with E-state index in [1.165, 1.54) is 5.56 Å². The fraction of sp³-hybridized carbons (Fsp3) is 0.316. The summed E-state index contributed by atoms with van der Waals surface area (Å²) in [6, 6.07) is 19.1. The molecule has 1 atom stereocenters. The summed E-state index contributed by atoms with van der Waals surface area (Å²) in [5.74, 6) is 1.53. The van der Waals surface area contributed by atoms with Crippen LogP contribution in [0.25, 0.3) is 11.0 Å². The standard InChI is InChI=1S/C19H23N3/c1-14(2)18(22(3)13-15-9-5-4-6-10-15)19-20-16-11-7-8-12-17(16)21-19/h4-12,14,18H,13H2,1-3H3,(H,20,21). The maximum Gasteiger partial charge on any atom is 0.124 e. The molecule has 0 amide bonds. The van der Waals surface area contributed by atoms with Crippen molar-refractivity contribution < 1.29 is 0 Å². The van der Waals surface area contributed by atoms with Crippen LogP contribution in [-0.2, 0) is 6.54 Å². The van der Waals surface area contributed by atoms with Crippen molar-refractivity contribution >= 4 is 11.0 Å². The Hall–Kier alpha value is -2.13. The number of H-pyrrole nitrogens is 1. The third kappa shape index (κ3) is 3.04. The van der Waals surface area contributed by atoms with E-state index in [4.69, 9.17) is 4.98 Å². The topological polar surface area (TPSA) is 31.9 Å². The number of rotatable bonds is 5. The molecule has 22 heavy (non-hydrogen) atoms. The maximum absolute atomic E-state index is 4.80. The van der Waals surface area contributed by atoms with Crippen LogP contribution in [0.1, 0.15) is 31.3 Å². The molecule has 0 saturated carbocycles. The van der Waals surface area contributed by atoms with Gasteiger partial charge in [0.25, 0.3) is 0 Å². The number of nitrogens with zero attached hydrogens (tertiary/aromatic N) is 2. The number of benzene rings is 2. The van der Waals surface area contributed by atoms with Crippen LogP contribution >= 0.6 is 0 Å². The Morgan fingerprint density at radius 2 is 1.68 bits per heavy atom. The van der Waals surface area contributed by atoms with Gasteiger partial charge in [-0.25, -0.2) is 4.98 Å². The second-order valence-corrected chi connectivity index (χ2v) is 6.23. The summed E-state index contributed by atoms with van der Waals surface area (Å²) in [6.45, 7) is 5.42. The first kappa shape index (κ1) is 14.8. The zero-order chi connectivity index (χ0) is 15.5. The van der Waals surface area contributed by atoms with E-state index in [1.807, 2.05) is 12.1 Å². The van der Waals surface area contributed by atoms with Gasteiger partial charge in [-0.05, 0) is 30.7 Å². The number of hydrogen-bond donors (Lipinski definition) is 1. The first-order chi connectivity index (χ1) is 10.6. The van der Waals surface area contributed by atoms with E-state index in [0.717, 1.165) is 23.4 Å². The fourth-order valence-electron chi connectivity index (χ4n) is 3.12.